The Morgan fingerprint density at radius 1 is 1.67 bits per heavy atom. The molecule has 0 amide bonds. The van der Waals surface area contributed by atoms with Crippen molar-refractivity contribution < 1.29 is 9.53 Å². The Bertz CT molecular complexity index is 209. The fraction of sp³-hybridized carbons (Fsp3) is 0.909. The van der Waals surface area contributed by atoms with E-state index in [1.165, 1.54) is 20.0 Å². The van der Waals surface area contributed by atoms with Crippen molar-refractivity contribution in [3.8, 4) is 0 Å². The first-order valence-corrected chi connectivity index (χ1v) is 5.65. The predicted molar refractivity (Wildman–Crippen MR) is 59.7 cm³/mol. The first-order valence-electron chi connectivity index (χ1n) is 5.65. The number of carbonyl (C=O) groups excluding carboxylic acids is 1. The van der Waals surface area contributed by atoms with Crippen LogP contribution in [0.4, 0.5) is 0 Å². The zero-order valence-electron chi connectivity index (χ0n) is 9.95. The van der Waals surface area contributed by atoms with E-state index in [9.17, 15) is 4.79 Å². The molecule has 0 bridgehead atoms. The molecule has 1 aliphatic heterocycles. The van der Waals surface area contributed by atoms with Crippen molar-refractivity contribution in [1.82, 2.24) is 10.2 Å². The highest BCUT2D eigenvalue weighted by Gasteiger charge is 2.27. The number of hydrogen-bond donors (Lipinski definition) is 1. The summed E-state index contributed by atoms with van der Waals surface area (Å²) < 4.78 is 4.74. The second-order valence-corrected chi connectivity index (χ2v) is 4.27. The van der Waals surface area contributed by atoms with Gasteiger partial charge in [0.25, 0.3) is 0 Å². The zero-order chi connectivity index (χ0) is 11.3. The molecule has 2 atom stereocenters. The van der Waals surface area contributed by atoms with Gasteiger partial charge in [0, 0.05) is 19.1 Å². The molecular formula is C11H22N2O2. The second kappa shape index (κ2) is 6.08. The molecule has 1 saturated heterocycles. The molecule has 4 heteroatoms. The van der Waals surface area contributed by atoms with Crippen LogP contribution in [0.15, 0.2) is 0 Å². The highest BCUT2D eigenvalue weighted by Crippen LogP contribution is 2.18. The molecule has 0 saturated carbocycles. The molecule has 1 N–H and O–H groups in total. The molecule has 0 aromatic heterocycles. The first-order chi connectivity index (χ1) is 7.19. The van der Waals surface area contributed by atoms with Crippen molar-refractivity contribution in [2.75, 3.05) is 33.8 Å². The normalized spacial score (nSPS) is 24.1. The Kier molecular flexibility index (Phi) is 5.05. The van der Waals surface area contributed by atoms with Crippen molar-refractivity contribution >= 4 is 5.97 Å². The average molecular weight is 214 g/mol. The van der Waals surface area contributed by atoms with E-state index >= 15 is 0 Å². The average Bonchev–Trinajstić information content (AvgIpc) is 2.65. The van der Waals surface area contributed by atoms with Crippen LogP contribution < -0.4 is 5.32 Å². The van der Waals surface area contributed by atoms with E-state index in [-0.39, 0.29) is 11.9 Å². The van der Waals surface area contributed by atoms with Gasteiger partial charge in [0.15, 0.2) is 0 Å². The van der Waals surface area contributed by atoms with E-state index in [0.29, 0.717) is 6.04 Å². The van der Waals surface area contributed by atoms with Crippen molar-refractivity contribution in [1.29, 1.82) is 0 Å². The van der Waals surface area contributed by atoms with Crippen LogP contribution in [0.1, 0.15) is 19.8 Å². The number of hydrogen-bond acceptors (Lipinski definition) is 4. The minimum atomic E-state index is -0.106. The summed E-state index contributed by atoms with van der Waals surface area (Å²) in [5, 5.41) is 3.20. The molecule has 0 aromatic rings. The molecule has 1 fully saturated rings. The third-order valence-electron chi connectivity index (χ3n) is 3.05. The zero-order valence-corrected chi connectivity index (χ0v) is 9.95. The summed E-state index contributed by atoms with van der Waals surface area (Å²) in [6.45, 7) is 4.86. The first kappa shape index (κ1) is 12.5. The molecule has 4 nitrogen and oxygen atoms in total. The van der Waals surface area contributed by atoms with Gasteiger partial charge in [-0.05, 0) is 26.4 Å². The summed E-state index contributed by atoms with van der Waals surface area (Å²) in [6, 6.07) is 0.585. The van der Waals surface area contributed by atoms with Crippen molar-refractivity contribution in [2.24, 2.45) is 5.92 Å². The summed E-state index contributed by atoms with van der Waals surface area (Å²) in [6.07, 6.45) is 2.47. The summed E-state index contributed by atoms with van der Waals surface area (Å²) in [7, 11) is 3.42. The van der Waals surface area contributed by atoms with Crippen LogP contribution in [0.5, 0.6) is 0 Å². The molecular weight excluding hydrogens is 192 g/mol. The molecule has 88 valence electrons. The molecule has 0 aromatic carbocycles. The fourth-order valence-electron chi connectivity index (χ4n) is 2.23. The Labute approximate surface area is 92.0 Å². The van der Waals surface area contributed by atoms with Gasteiger partial charge in [-0.2, -0.15) is 0 Å². The number of methoxy groups -OCH3 is 1. The molecule has 2 unspecified atom stereocenters. The van der Waals surface area contributed by atoms with Crippen LogP contribution in [-0.4, -0.2) is 50.7 Å². The highest BCUT2D eigenvalue weighted by atomic mass is 16.5. The van der Waals surface area contributed by atoms with Gasteiger partial charge in [-0.25, -0.2) is 0 Å². The van der Waals surface area contributed by atoms with Crippen molar-refractivity contribution in [3.63, 3.8) is 0 Å². The lowest BCUT2D eigenvalue weighted by Gasteiger charge is -2.26. The Morgan fingerprint density at radius 3 is 3.00 bits per heavy atom. The summed E-state index contributed by atoms with van der Waals surface area (Å²) in [5.41, 5.74) is 0. The third kappa shape index (κ3) is 3.47. The lowest BCUT2D eigenvalue weighted by molar-refractivity contribution is -0.145. The van der Waals surface area contributed by atoms with Gasteiger partial charge in [0.2, 0.25) is 0 Å². The maximum atomic E-state index is 11.3. The molecule has 1 aliphatic rings. The molecule has 0 spiro atoms. The minimum absolute atomic E-state index is 0.0209. The van der Waals surface area contributed by atoms with E-state index in [1.807, 2.05) is 14.0 Å². The number of ether oxygens (including phenoxy) is 1. The van der Waals surface area contributed by atoms with Crippen molar-refractivity contribution in [3.05, 3.63) is 0 Å². The van der Waals surface area contributed by atoms with Crippen LogP contribution in [0.25, 0.3) is 0 Å². The van der Waals surface area contributed by atoms with E-state index in [0.717, 1.165) is 19.6 Å². The van der Waals surface area contributed by atoms with Crippen LogP contribution in [0.2, 0.25) is 0 Å². The van der Waals surface area contributed by atoms with E-state index in [4.69, 9.17) is 4.74 Å². The Hall–Kier alpha value is -0.610. The van der Waals surface area contributed by atoms with Crippen molar-refractivity contribution in [2.45, 2.75) is 25.8 Å². The number of likely N-dealkylation sites (N-methyl/N-ethyl adjacent to an activating group) is 1. The van der Waals surface area contributed by atoms with Gasteiger partial charge in [-0.3, -0.25) is 9.69 Å². The van der Waals surface area contributed by atoms with E-state index in [2.05, 4.69) is 10.2 Å². The monoisotopic (exact) mass is 214 g/mol. The number of nitrogens with zero attached hydrogens (tertiary/aromatic N) is 1. The largest absolute Gasteiger partial charge is 0.469 e. The van der Waals surface area contributed by atoms with E-state index < -0.39 is 0 Å². The number of rotatable bonds is 5. The van der Waals surface area contributed by atoms with Gasteiger partial charge in [0.05, 0.1) is 13.0 Å². The van der Waals surface area contributed by atoms with Gasteiger partial charge < -0.3 is 10.1 Å². The van der Waals surface area contributed by atoms with Gasteiger partial charge >= 0.3 is 5.97 Å². The van der Waals surface area contributed by atoms with E-state index in [1.54, 1.807) is 0 Å². The van der Waals surface area contributed by atoms with Gasteiger partial charge in [-0.1, -0.05) is 6.92 Å². The topological polar surface area (TPSA) is 41.6 Å². The SMILES string of the molecule is CNCC1CCCN1CC(C)C(=O)OC. The number of nitrogens with one attached hydrogen (secondary N) is 1. The number of carbonyl (C=O) groups is 1. The molecule has 0 radical (unpaired) electrons. The molecule has 1 heterocycles. The third-order valence-corrected chi connectivity index (χ3v) is 3.05. The van der Waals surface area contributed by atoms with Gasteiger partial charge in [-0.15, -0.1) is 0 Å². The smallest absolute Gasteiger partial charge is 0.309 e. The standard InChI is InChI=1S/C11H22N2O2/c1-9(11(14)15-3)8-13-6-4-5-10(13)7-12-2/h9-10,12H,4-8H2,1-3H3. The summed E-state index contributed by atoms with van der Waals surface area (Å²) >= 11 is 0. The maximum Gasteiger partial charge on any atom is 0.309 e. The Morgan fingerprint density at radius 2 is 2.40 bits per heavy atom. The lowest BCUT2D eigenvalue weighted by Crippen LogP contribution is -2.40. The quantitative estimate of drug-likeness (QED) is 0.676. The molecule has 15 heavy (non-hydrogen) atoms. The molecule has 1 rings (SSSR count). The maximum absolute atomic E-state index is 11.3. The second-order valence-electron chi connectivity index (χ2n) is 4.27. The van der Waals surface area contributed by atoms with Crippen LogP contribution in [-0.2, 0) is 9.53 Å². The van der Waals surface area contributed by atoms with Crippen LogP contribution >= 0.6 is 0 Å². The lowest BCUT2D eigenvalue weighted by atomic mass is 10.1. The molecule has 0 aliphatic carbocycles. The Balaban J connectivity index is 2.39. The summed E-state index contributed by atoms with van der Waals surface area (Å²) in [4.78, 5) is 13.7. The number of esters is 1. The van der Waals surface area contributed by atoms with Crippen LogP contribution in [0, 0.1) is 5.92 Å². The highest BCUT2D eigenvalue weighted by molar-refractivity contribution is 5.72. The predicted octanol–water partition coefficient (Wildman–Crippen LogP) is 0.479. The summed E-state index contributed by atoms with van der Waals surface area (Å²) in [5.74, 6) is -0.127. The number of likely N-dealkylation sites (tertiary alicyclic amines) is 1. The van der Waals surface area contributed by atoms with Gasteiger partial charge in [0.1, 0.15) is 0 Å². The fourth-order valence-corrected chi connectivity index (χ4v) is 2.23. The van der Waals surface area contributed by atoms with Crippen LogP contribution in [0.3, 0.4) is 0 Å². The minimum Gasteiger partial charge on any atom is -0.469 e.